The maximum absolute atomic E-state index is 9.84. The van der Waals surface area contributed by atoms with E-state index < -0.39 is 6.23 Å². The predicted octanol–water partition coefficient (Wildman–Crippen LogP) is 1.20. The van der Waals surface area contributed by atoms with Crippen molar-refractivity contribution in [1.82, 2.24) is 19.7 Å². The second kappa shape index (κ2) is 9.39. The molecule has 0 amide bonds. The van der Waals surface area contributed by atoms with E-state index in [1.54, 1.807) is 0 Å². The summed E-state index contributed by atoms with van der Waals surface area (Å²) >= 11 is 0. The molecule has 27 heavy (non-hydrogen) atoms. The average Bonchev–Trinajstić information content (AvgIpc) is 2.70. The maximum atomic E-state index is 9.84. The van der Waals surface area contributed by atoms with Gasteiger partial charge in [0, 0.05) is 57.6 Å². The Kier molecular flexibility index (Phi) is 6.93. The average molecular weight is 370 g/mol. The van der Waals surface area contributed by atoms with Crippen LogP contribution in [0.2, 0.25) is 0 Å². The van der Waals surface area contributed by atoms with Crippen LogP contribution in [0.1, 0.15) is 11.3 Å². The molecule has 0 spiro atoms. The summed E-state index contributed by atoms with van der Waals surface area (Å²) in [5.41, 5.74) is 10.0. The van der Waals surface area contributed by atoms with Crippen LogP contribution in [0.25, 0.3) is 11.1 Å². The van der Waals surface area contributed by atoms with E-state index in [0.717, 1.165) is 55.1 Å². The van der Waals surface area contributed by atoms with Crippen molar-refractivity contribution in [1.29, 1.82) is 0 Å². The van der Waals surface area contributed by atoms with Gasteiger partial charge in [0.2, 0.25) is 0 Å². The predicted molar refractivity (Wildman–Crippen MR) is 109 cm³/mol. The molecule has 1 aromatic heterocycles. The Morgan fingerprint density at radius 3 is 2.59 bits per heavy atom. The Morgan fingerprint density at radius 2 is 1.93 bits per heavy atom. The van der Waals surface area contributed by atoms with Crippen molar-refractivity contribution in [2.24, 2.45) is 5.73 Å². The van der Waals surface area contributed by atoms with Crippen molar-refractivity contribution in [2.75, 3.05) is 46.8 Å². The number of aliphatic hydroxyl groups is 1. The van der Waals surface area contributed by atoms with Gasteiger partial charge in [-0.3, -0.25) is 14.8 Å². The van der Waals surface area contributed by atoms with Gasteiger partial charge in [-0.1, -0.05) is 24.3 Å². The second-order valence-corrected chi connectivity index (χ2v) is 7.45. The topological polar surface area (TPSA) is 68.9 Å². The fourth-order valence-electron chi connectivity index (χ4n) is 3.35. The Hall–Kier alpha value is -1.83. The smallest absolute Gasteiger partial charge is 0.119 e. The minimum atomic E-state index is -0.621. The summed E-state index contributed by atoms with van der Waals surface area (Å²) in [6.07, 6.45) is 1.34. The third kappa shape index (κ3) is 5.57. The van der Waals surface area contributed by atoms with Crippen molar-refractivity contribution in [3.63, 3.8) is 0 Å². The summed E-state index contributed by atoms with van der Waals surface area (Å²) in [4.78, 5) is 11.3. The normalized spacial score (nSPS) is 17.4. The minimum Gasteiger partial charge on any atom is -0.377 e. The number of aliphatic hydroxyl groups excluding tert-OH is 1. The molecule has 1 aliphatic rings. The molecule has 2 heterocycles. The van der Waals surface area contributed by atoms with E-state index in [9.17, 15) is 5.11 Å². The fourth-order valence-corrected chi connectivity index (χ4v) is 3.35. The summed E-state index contributed by atoms with van der Waals surface area (Å²) < 4.78 is 0. The summed E-state index contributed by atoms with van der Waals surface area (Å²) in [7, 11) is 4.05. The fraction of sp³-hybridized carbons (Fsp3) is 0.476. The molecule has 1 saturated heterocycles. The van der Waals surface area contributed by atoms with Crippen LogP contribution in [-0.4, -0.2) is 77.8 Å². The first-order valence-electron chi connectivity index (χ1n) is 9.58. The number of hydrogen-bond donors (Lipinski definition) is 2. The highest BCUT2D eigenvalue weighted by Crippen LogP contribution is 2.21. The van der Waals surface area contributed by atoms with Crippen LogP contribution in [0.4, 0.5) is 0 Å². The van der Waals surface area contributed by atoms with Crippen molar-refractivity contribution in [3.05, 3.63) is 53.9 Å². The lowest BCUT2D eigenvalue weighted by molar-refractivity contribution is 0.0246. The molecule has 1 aromatic carbocycles. The van der Waals surface area contributed by atoms with E-state index >= 15 is 0 Å². The van der Waals surface area contributed by atoms with E-state index in [1.165, 1.54) is 0 Å². The first-order valence-corrected chi connectivity index (χ1v) is 9.58. The molecule has 0 saturated carbocycles. The number of nitrogens with zero attached hydrogens (tertiary/aromatic N) is 4. The van der Waals surface area contributed by atoms with E-state index in [2.05, 4.69) is 52.2 Å². The summed E-state index contributed by atoms with van der Waals surface area (Å²) in [6, 6.07) is 12.6. The molecule has 146 valence electrons. The zero-order chi connectivity index (χ0) is 19.2. The summed E-state index contributed by atoms with van der Waals surface area (Å²) in [5.74, 6) is 0. The van der Waals surface area contributed by atoms with Crippen molar-refractivity contribution >= 4 is 0 Å². The Bertz CT molecular complexity index is 713. The van der Waals surface area contributed by atoms with E-state index in [1.807, 2.05) is 24.2 Å². The maximum Gasteiger partial charge on any atom is 0.119 e. The van der Waals surface area contributed by atoms with Crippen LogP contribution in [0.15, 0.2) is 42.6 Å². The lowest BCUT2D eigenvalue weighted by Crippen LogP contribution is -2.43. The molecular weight excluding hydrogens is 338 g/mol. The van der Waals surface area contributed by atoms with E-state index in [-0.39, 0.29) is 6.54 Å². The second-order valence-electron chi connectivity index (χ2n) is 7.45. The van der Waals surface area contributed by atoms with Gasteiger partial charge in [0.25, 0.3) is 0 Å². The molecule has 0 radical (unpaired) electrons. The van der Waals surface area contributed by atoms with E-state index in [0.29, 0.717) is 6.54 Å². The van der Waals surface area contributed by atoms with Crippen molar-refractivity contribution in [2.45, 2.75) is 19.3 Å². The van der Waals surface area contributed by atoms with Crippen molar-refractivity contribution < 1.29 is 5.11 Å². The van der Waals surface area contributed by atoms with Gasteiger partial charge in [-0.05, 0) is 37.4 Å². The van der Waals surface area contributed by atoms with Crippen LogP contribution in [0.5, 0.6) is 0 Å². The van der Waals surface area contributed by atoms with Crippen LogP contribution in [-0.2, 0) is 13.1 Å². The Morgan fingerprint density at radius 1 is 1.15 bits per heavy atom. The number of nitrogens with two attached hydrogens (primary N) is 1. The van der Waals surface area contributed by atoms with Crippen LogP contribution in [0, 0.1) is 0 Å². The number of piperazine rings is 1. The quantitative estimate of drug-likeness (QED) is 0.715. The monoisotopic (exact) mass is 369 g/mol. The Labute approximate surface area is 162 Å². The molecule has 0 aliphatic carbocycles. The van der Waals surface area contributed by atoms with Gasteiger partial charge in [-0.25, -0.2) is 0 Å². The molecule has 2 aromatic rings. The lowest BCUT2D eigenvalue weighted by atomic mass is 10.0. The SMILES string of the molecule is CN1CCN(Cc2ccc(-c3cccc(CN(C)C(O)CN)c3)cn2)CC1. The van der Waals surface area contributed by atoms with Gasteiger partial charge in [-0.2, -0.15) is 0 Å². The molecule has 1 aliphatic heterocycles. The molecular formula is C21H31N5O. The van der Waals surface area contributed by atoms with Gasteiger partial charge in [0.05, 0.1) is 5.69 Å². The number of rotatable bonds is 7. The van der Waals surface area contributed by atoms with Crippen molar-refractivity contribution in [3.8, 4) is 11.1 Å². The number of aromatic nitrogens is 1. The molecule has 3 rings (SSSR count). The highest BCUT2D eigenvalue weighted by Gasteiger charge is 2.14. The number of likely N-dealkylation sites (N-methyl/N-ethyl adjacent to an activating group) is 2. The first-order chi connectivity index (χ1) is 13.0. The van der Waals surface area contributed by atoms with Gasteiger partial charge in [0.1, 0.15) is 6.23 Å². The molecule has 6 heteroatoms. The van der Waals surface area contributed by atoms with Gasteiger partial charge in [0.15, 0.2) is 0 Å². The zero-order valence-electron chi connectivity index (χ0n) is 16.4. The molecule has 0 bridgehead atoms. The molecule has 1 fully saturated rings. The third-order valence-electron chi connectivity index (χ3n) is 5.22. The number of hydrogen-bond acceptors (Lipinski definition) is 6. The Balaban J connectivity index is 1.63. The van der Waals surface area contributed by atoms with Crippen LogP contribution < -0.4 is 5.73 Å². The zero-order valence-corrected chi connectivity index (χ0v) is 16.4. The standard InChI is InChI=1S/C21H31N5O/c1-24-8-10-26(11-9-24)16-20-7-6-19(14-23-20)18-5-3-4-17(12-18)15-25(2)21(27)13-22/h3-7,12,14,21,27H,8-11,13,15-16,22H2,1-2H3. The molecule has 6 nitrogen and oxygen atoms in total. The lowest BCUT2D eigenvalue weighted by Gasteiger charge is -2.32. The van der Waals surface area contributed by atoms with Gasteiger partial charge < -0.3 is 15.7 Å². The first kappa shape index (κ1) is 19.9. The van der Waals surface area contributed by atoms with Crippen LogP contribution >= 0.6 is 0 Å². The number of benzene rings is 1. The molecule has 1 atom stereocenters. The molecule has 1 unspecified atom stereocenters. The largest absolute Gasteiger partial charge is 0.377 e. The highest BCUT2D eigenvalue weighted by molar-refractivity contribution is 5.63. The van der Waals surface area contributed by atoms with Gasteiger partial charge in [-0.15, -0.1) is 0 Å². The van der Waals surface area contributed by atoms with Crippen LogP contribution in [0.3, 0.4) is 0 Å². The summed E-state index contributed by atoms with van der Waals surface area (Å²) in [5, 5.41) is 9.84. The van der Waals surface area contributed by atoms with E-state index in [4.69, 9.17) is 5.73 Å². The highest BCUT2D eigenvalue weighted by atomic mass is 16.3. The third-order valence-corrected chi connectivity index (χ3v) is 5.22. The van der Waals surface area contributed by atoms with Gasteiger partial charge >= 0.3 is 0 Å². The molecule has 3 N–H and O–H groups in total. The minimum absolute atomic E-state index is 0.231. The summed E-state index contributed by atoms with van der Waals surface area (Å²) in [6.45, 7) is 6.25. The number of pyridine rings is 1.